The topological polar surface area (TPSA) is 54.0 Å². The number of pyridine rings is 1. The molecule has 1 unspecified atom stereocenters. The van der Waals surface area contributed by atoms with E-state index in [1.807, 2.05) is 6.92 Å². The molecular weight excluding hydrogens is 270 g/mol. The fraction of sp³-hybridized carbons (Fsp3) is 0.455. The van der Waals surface area contributed by atoms with Crippen LogP contribution in [0.2, 0.25) is 0 Å². The minimum Gasteiger partial charge on any atom is -0.323 e. The number of nitrogens with zero attached hydrogens (tertiary/aromatic N) is 1. The molecule has 0 aliphatic carbocycles. The number of carbonyl (C=O) groups excluding carboxylic acids is 1. The maximum Gasteiger partial charge on any atom is 0.244 e. The van der Waals surface area contributed by atoms with Gasteiger partial charge in [0, 0.05) is 12.4 Å². The highest BCUT2D eigenvalue weighted by Gasteiger charge is 2.35. The fourth-order valence-electron chi connectivity index (χ4n) is 1.83. The zero-order valence-corrected chi connectivity index (χ0v) is 10.7. The van der Waals surface area contributed by atoms with Gasteiger partial charge in [-0.3, -0.25) is 9.78 Å². The Kier molecular flexibility index (Phi) is 3.25. The van der Waals surface area contributed by atoms with Crippen molar-refractivity contribution >= 4 is 27.5 Å². The number of carbonyl (C=O) groups is 1. The summed E-state index contributed by atoms with van der Waals surface area (Å²) in [5, 5.41) is 6.13. The summed E-state index contributed by atoms with van der Waals surface area (Å²) in [6, 6.07) is 1.78. The van der Waals surface area contributed by atoms with Crippen LogP contribution in [-0.4, -0.2) is 23.0 Å². The van der Waals surface area contributed by atoms with Crippen LogP contribution >= 0.6 is 15.9 Å². The predicted molar refractivity (Wildman–Crippen MR) is 66.2 cm³/mol. The largest absolute Gasteiger partial charge is 0.323 e. The van der Waals surface area contributed by atoms with Gasteiger partial charge in [0.25, 0.3) is 0 Å². The van der Waals surface area contributed by atoms with Crippen LogP contribution in [0.4, 0.5) is 5.69 Å². The Morgan fingerprint density at radius 1 is 1.69 bits per heavy atom. The second-order valence-electron chi connectivity index (χ2n) is 4.17. The van der Waals surface area contributed by atoms with Gasteiger partial charge in [0.2, 0.25) is 5.91 Å². The van der Waals surface area contributed by atoms with E-state index in [1.165, 1.54) is 0 Å². The first-order valence-electron chi connectivity index (χ1n) is 5.28. The first kappa shape index (κ1) is 11.5. The Bertz CT molecular complexity index is 402. The Hall–Kier alpha value is -0.940. The molecule has 1 saturated heterocycles. The average Bonchev–Trinajstić information content (AvgIpc) is 2.70. The molecule has 1 aromatic rings. The molecule has 1 aromatic heterocycles. The summed E-state index contributed by atoms with van der Waals surface area (Å²) in [7, 11) is 0. The van der Waals surface area contributed by atoms with Crippen molar-refractivity contribution in [2.24, 2.45) is 0 Å². The van der Waals surface area contributed by atoms with Crippen molar-refractivity contribution < 1.29 is 4.79 Å². The van der Waals surface area contributed by atoms with Crippen LogP contribution in [0.3, 0.4) is 0 Å². The van der Waals surface area contributed by atoms with Gasteiger partial charge in [0.1, 0.15) is 0 Å². The summed E-state index contributed by atoms with van der Waals surface area (Å²) in [4.78, 5) is 16.0. The summed E-state index contributed by atoms with van der Waals surface area (Å²) in [5.74, 6) is 0.0110. The van der Waals surface area contributed by atoms with Gasteiger partial charge in [-0.15, -0.1) is 0 Å². The van der Waals surface area contributed by atoms with E-state index in [0.717, 1.165) is 29.5 Å². The third-order valence-electron chi connectivity index (χ3n) is 2.89. The smallest absolute Gasteiger partial charge is 0.244 e. The molecule has 4 nitrogen and oxygen atoms in total. The molecule has 1 aliphatic rings. The molecule has 86 valence electrons. The van der Waals surface area contributed by atoms with Crippen LogP contribution in [0.1, 0.15) is 19.8 Å². The Labute approximate surface area is 103 Å². The van der Waals surface area contributed by atoms with E-state index in [2.05, 4.69) is 31.5 Å². The van der Waals surface area contributed by atoms with Crippen LogP contribution in [0, 0.1) is 0 Å². The van der Waals surface area contributed by atoms with E-state index in [0.29, 0.717) is 0 Å². The summed E-state index contributed by atoms with van der Waals surface area (Å²) in [6.07, 6.45) is 5.24. The van der Waals surface area contributed by atoms with Gasteiger partial charge in [0.15, 0.2) is 0 Å². The number of aromatic nitrogens is 1. The molecule has 5 heteroatoms. The molecule has 0 saturated carbocycles. The van der Waals surface area contributed by atoms with Gasteiger partial charge in [-0.05, 0) is 48.3 Å². The third-order valence-corrected chi connectivity index (χ3v) is 3.52. The Morgan fingerprint density at radius 2 is 2.50 bits per heavy atom. The lowest BCUT2D eigenvalue weighted by Crippen LogP contribution is -2.48. The number of hydrogen-bond acceptors (Lipinski definition) is 3. The molecule has 2 N–H and O–H groups in total. The third kappa shape index (κ3) is 2.25. The molecule has 1 aliphatic heterocycles. The van der Waals surface area contributed by atoms with E-state index < -0.39 is 5.54 Å². The molecular formula is C11H14BrN3O. The minimum absolute atomic E-state index is 0.0110. The number of halogens is 1. The molecule has 1 amide bonds. The van der Waals surface area contributed by atoms with Crippen LogP contribution in [0.25, 0.3) is 0 Å². The van der Waals surface area contributed by atoms with Crippen LogP contribution in [0.15, 0.2) is 22.9 Å². The van der Waals surface area contributed by atoms with E-state index in [9.17, 15) is 4.79 Å². The standard InChI is InChI=1S/C11H14BrN3O/c1-11(4-2-5-14-11)10(16)15-9-3-6-13-7-8(9)12/h3,6-7,14H,2,4-5H2,1H3,(H,13,15,16). The number of hydrogen-bond donors (Lipinski definition) is 2. The van der Waals surface area contributed by atoms with Crippen LogP contribution < -0.4 is 10.6 Å². The van der Waals surface area contributed by atoms with Crippen LogP contribution in [-0.2, 0) is 4.79 Å². The molecule has 1 atom stereocenters. The lowest BCUT2D eigenvalue weighted by molar-refractivity contribution is -0.121. The van der Waals surface area contributed by atoms with E-state index in [-0.39, 0.29) is 5.91 Å². The quantitative estimate of drug-likeness (QED) is 0.872. The van der Waals surface area contributed by atoms with Crippen LogP contribution in [0.5, 0.6) is 0 Å². The van der Waals surface area contributed by atoms with Crippen molar-refractivity contribution in [3.63, 3.8) is 0 Å². The normalized spacial score (nSPS) is 24.4. The Balaban J connectivity index is 2.10. The molecule has 0 bridgehead atoms. The molecule has 2 rings (SSSR count). The van der Waals surface area contributed by atoms with Gasteiger partial charge in [-0.1, -0.05) is 0 Å². The molecule has 0 spiro atoms. The second kappa shape index (κ2) is 4.51. The van der Waals surface area contributed by atoms with E-state index >= 15 is 0 Å². The highest BCUT2D eigenvalue weighted by molar-refractivity contribution is 9.10. The minimum atomic E-state index is -0.442. The summed E-state index contributed by atoms with van der Waals surface area (Å²) >= 11 is 3.35. The lowest BCUT2D eigenvalue weighted by Gasteiger charge is -2.23. The summed E-state index contributed by atoms with van der Waals surface area (Å²) < 4.78 is 0.796. The van der Waals surface area contributed by atoms with Crippen molar-refractivity contribution in [3.05, 3.63) is 22.9 Å². The summed E-state index contributed by atoms with van der Waals surface area (Å²) in [5.41, 5.74) is 0.317. The molecule has 1 fully saturated rings. The highest BCUT2D eigenvalue weighted by atomic mass is 79.9. The number of rotatable bonds is 2. The van der Waals surface area contributed by atoms with Crippen molar-refractivity contribution in [2.75, 3.05) is 11.9 Å². The number of amides is 1. The Morgan fingerprint density at radius 3 is 3.12 bits per heavy atom. The maximum atomic E-state index is 12.1. The van der Waals surface area contributed by atoms with Gasteiger partial charge in [-0.25, -0.2) is 0 Å². The lowest BCUT2D eigenvalue weighted by atomic mass is 9.99. The monoisotopic (exact) mass is 283 g/mol. The fourth-order valence-corrected chi connectivity index (χ4v) is 2.17. The van der Waals surface area contributed by atoms with E-state index in [4.69, 9.17) is 0 Å². The van der Waals surface area contributed by atoms with Crippen molar-refractivity contribution in [1.82, 2.24) is 10.3 Å². The number of nitrogens with one attached hydrogen (secondary N) is 2. The molecule has 2 heterocycles. The van der Waals surface area contributed by atoms with Gasteiger partial charge in [0.05, 0.1) is 15.7 Å². The zero-order chi connectivity index (χ0) is 11.6. The first-order chi connectivity index (χ1) is 7.62. The average molecular weight is 284 g/mol. The molecule has 0 aromatic carbocycles. The van der Waals surface area contributed by atoms with E-state index in [1.54, 1.807) is 18.5 Å². The summed E-state index contributed by atoms with van der Waals surface area (Å²) in [6.45, 7) is 2.84. The van der Waals surface area contributed by atoms with Crippen molar-refractivity contribution in [1.29, 1.82) is 0 Å². The second-order valence-corrected chi connectivity index (χ2v) is 5.03. The van der Waals surface area contributed by atoms with Crippen molar-refractivity contribution in [3.8, 4) is 0 Å². The molecule has 0 radical (unpaired) electrons. The van der Waals surface area contributed by atoms with Gasteiger partial charge < -0.3 is 10.6 Å². The predicted octanol–water partition coefficient (Wildman–Crippen LogP) is 1.92. The van der Waals surface area contributed by atoms with Gasteiger partial charge in [-0.2, -0.15) is 0 Å². The zero-order valence-electron chi connectivity index (χ0n) is 9.09. The first-order valence-corrected chi connectivity index (χ1v) is 6.07. The SMILES string of the molecule is CC1(C(=O)Nc2ccncc2Br)CCCN1. The highest BCUT2D eigenvalue weighted by Crippen LogP contribution is 2.24. The van der Waals surface area contributed by atoms with Gasteiger partial charge >= 0.3 is 0 Å². The molecule has 16 heavy (non-hydrogen) atoms. The van der Waals surface area contributed by atoms with Crippen molar-refractivity contribution in [2.45, 2.75) is 25.3 Å². The number of anilines is 1. The maximum absolute atomic E-state index is 12.1.